The first kappa shape index (κ1) is 19.8. The average molecular weight is 389 g/mol. The molecule has 1 aromatic carbocycles. The molecule has 0 heterocycles. The third kappa shape index (κ3) is 4.23. The molecule has 1 unspecified atom stereocenters. The van der Waals surface area contributed by atoms with Gasteiger partial charge < -0.3 is 0 Å². The van der Waals surface area contributed by atoms with Crippen LogP contribution in [0, 0.1) is 41.1 Å². The SMILES string of the molecule is CC1CCC(C2CCC(C3=CCC(c4cc(F)c(F)c(F)c4)C=C3)CC2)CC1. The Kier molecular flexibility index (Phi) is 5.99. The molecule has 0 aromatic heterocycles. The van der Waals surface area contributed by atoms with Gasteiger partial charge in [-0.2, -0.15) is 0 Å². The van der Waals surface area contributed by atoms with Crippen LogP contribution in [0.15, 0.2) is 35.9 Å². The highest BCUT2D eigenvalue weighted by Gasteiger charge is 2.31. The summed E-state index contributed by atoms with van der Waals surface area (Å²) in [6, 6.07) is 2.25. The molecule has 2 fully saturated rings. The normalized spacial score (nSPS) is 33.6. The molecule has 3 heteroatoms. The number of benzene rings is 1. The van der Waals surface area contributed by atoms with Crippen LogP contribution >= 0.6 is 0 Å². The summed E-state index contributed by atoms with van der Waals surface area (Å²) in [6.07, 6.45) is 18.0. The number of hydrogen-bond donors (Lipinski definition) is 0. The van der Waals surface area contributed by atoms with Gasteiger partial charge in [-0.15, -0.1) is 0 Å². The third-order valence-corrected chi connectivity index (χ3v) is 7.53. The zero-order valence-electron chi connectivity index (χ0n) is 16.8. The number of allylic oxidation sites excluding steroid dienone is 4. The molecule has 0 bridgehead atoms. The fourth-order valence-electron chi connectivity index (χ4n) is 5.66. The van der Waals surface area contributed by atoms with Crippen LogP contribution in [0.5, 0.6) is 0 Å². The van der Waals surface area contributed by atoms with Gasteiger partial charge in [0.1, 0.15) is 0 Å². The molecule has 1 aromatic rings. The Labute approximate surface area is 166 Å². The second-order valence-corrected chi connectivity index (χ2v) is 9.34. The standard InChI is InChI=1S/C25H31F3/c1-16-2-4-17(5-3-16)18-6-8-19(9-7-18)20-10-12-21(13-11-20)22-14-23(26)25(28)24(27)15-22/h10-12,14-19,21H,2-9,13H2,1H3. The van der Waals surface area contributed by atoms with Gasteiger partial charge in [0.25, 0.3) is 0 Å². The zero-order chi connectivity index (χ0) is 19.7. The lowest BCUT2D eigenvalue weighted by Gasteiger charge is -2.38. The lowest BCUT2D eigenvalue weighted by molar-refractivity contribution is 0.159. The summed E-state index contributed by atoms with van der Waals surface area (Å²) in [5, 5.41) is 0. The van der Waals surface area contributed by atoms with Crippen LogP contribution in [0.25, 0.3) is 0 Å². The van der Waals surface area contributed by atoms with Crippen LogP contribution < -0.4 is 0 Å². The third-order valence-electron chi connectivity index (χ3n) is 7.53. The monoisotopic (exact) mass is 388 g/mol. The maximum Gasteiger partial charge on any atom is 0.194 e. The lowest BCUT2D eigenvalue weighted by atomic mass is 9.68. The van der Waals surface area contributed by atoms with Crippen LogP contribution in [-0.2, 0) is 0 Å². The van der Waals surface area contributed by atoms with Crippen molar-refractivity contribution < 1.29 is 13.2 Å². The Bertz CT molecular complexity index is 724. The van der Waals surface area contributed by atoms with Gasteiger partial charge in [-0.25, -0.2) is 13.2 Å². The van der Waals surface area contributed by atoms with E-state index in [0.29, 0.717) is 11.5 Å². The number of hydrogen-bond acceptors (Lipinski definition) is 0. The van der Waals surface area contributed by atoms with Crippen molar-refractivity contribution in [3.63, 3.8) is 0 Å². The Balaban J connectivity index is 1.32. The molecule has 3 aliphatic carbocycles. The highest BCUT2D eigenvalue weighted by Crippen LogP contribution is 2.44. The minimum Gasteiger partial charge on any atom is -0.204 e. The lowest BCUT2D eigenvalue weighted by Crippen LogP contribution is -2.25. The average Bonchev–Trinajstić information content (AvgIpc) is 2.72. The summed E-state index contributed by atoms with van der Waals surface area (Å²) < 4.78 is 40.2. The van der Waals surface area contributed by atoms with E-state index >= 15 is 0 Å². The predicted molar refractivity (Wildman–Crippen MR) is 107 cm³/mol. The van der Waals surface area contributed by atoms with Crippen LogP contribution in [-0.4, -0.2) is 0 Å². The van der Waals surface area contributed by atoms with Crippen LogP contribution in [0.4, 0.5) is 13.2 Å². The molecule has 4 rings (SSSR count). The molecule has 0 nitrogen and oxygen atoms in total. The zero-order valence-corrected chi connectivity index (χ0v) is 16.8. The molecular weight excluding hydrogens is 357 g/mol. The van der Waals surface area contributed by atoms with Crippen LogP contribution in [0.2, 0.25) is 0 Å². The van der Waals surface area contributed by atoms with E-state index in [2.05, 4.69) is 19.1 Å². The highest BCUT2D eigenvalue weighted by atomic mass is 19.2. The van der Waals surface area contributed by atoms with E-state index in [1.807, 2.05) is 6.08 Å². The first-order valence-electron chi connectivity index (χ1n) is 11.0. The van der Waals surface area contributed by atoms with Crippen molar-refractivity contribution in [2.24, 2.45) is 23.7 Å². The van der Waals surface area contributed by atoms with Crippen molar-refractivity contribution in [3.05, 3.63) is 58.9 Å². The molecule has 0 spiro atoms. The molecule has 1 atom stereocenters. The molecule has 3 aliphatic rings. The van der Waals surface area contributed by atoms with E-state index in [1.165, 1.54) is 56.9 Å². The smallest absolute Gasteiger partial charge is 0.194 e. The second-order valence-electron chi connectivity index (χ2n) is 9.34. The van der Waals surface area contributed by atoms with Crippen molar-refractivity contribution >= 4 is 0 Å². The van der Waals surface area contributed by atoms with E-state index in [1.54, 1.807) is 0 Å². The van der Waals surface area contributed by atoms with Gasteiger partial charge in [-0.1, -0.05) is 38.0 Å². The summed E-state index contributed by atoms with van der Waals surface area (Å²) in [7, 11) is 0. The van der Waals surface area contributed by atoms with Gasteiger partial charge >= 0.3 is 0 Å². The van der Waals surface area contributed by atoms with Crippen molar-refractivity contribution in [2.45, 2.75) is 70.6 Å². The largest absolute Gasteiger partial charge is 0.204 e. The molecule has 0 N–H and O–H groups in total. The summed E-state index contributed by atoms with van der Waals surface area (Å²) >= 11 is 0. The van der Waals surface area contributed by atoms with Gasteiger partial charge in [-0.05, 0) is 91.9 Å². The molecule has 28 heavy (non-hydrogen) atoms. The fourth-order valence-corrected chi connectivity index (χ4v) is 5.66. The molecule has 152 valence electrons. The van der Waals surface area contributed by atoms with Crippen molar-refractivity contribution in [1.82, 2.24) is 0 Å². The minimum absolute atomic E-state index is 0.0751. The maximum atomic E-state index is 13.5. The maximum absolute atomic E-state index is 13.5. The van der Waals surface area contributed by atoms with Crippen molar-refractivity contribution in [1.29, 1.82) is 0 Å². The van der Waals surface area contributed by atoms with Crippen LogP contribution in [0.3, 0.4) is 0 Å². The molecule has 0 amide bonds. The quantitative estimate of drug-likeness (QED) is 0.465. The molecule has 0 radical (unpaired) electrons. The summed E-state index contributed by atoms with van der Waals surface area (Å²) in [6.45, 7) is 2.39. The van der Waals surface area contributed by atoms with Gasteiger partial charge in [0, 0.05) is 5.92 Å². The molecule has 0 aliphatic heterocycles. The van der Waals surface area contributed by atoms with E-state index in [-0.39, 0.29) is 5.92 Å². The van der Waals surface area contributed by atoms with Crippen molar-refractivity contribution in [3.8, 4) is 0 Å². The number of rotatable bonds is 3. The highest BCUT2D eigenvalue weighted by molar-refractivity contribution is 5.35. The Hall–Kier alpha value is -1.51. The summed E-state index contributed by atoms with van der Waals surface area (Å²) in [5.74, 6) is -0.269. The molecular formula is C25H31F3. The Morgan fingerprint density at radius 3 is 1.89 bits per heavy atom. The topological polar surface area (TPSA) is 0 Å². The van der Waals surface area contributed by atoms with E-state index in [4.69, 9.17) is 0 Å². The summed E-state index contributed by atoms with van der Waals surface area (Å²) in [4.78, 5) is 0. The van der Waals surface area contributed by atoms with E-state index in [9.17, 15) is 13.2 Å². The molecule has 2 saturated carbocycles. The summed E-state index contributed by atoms with van der Waals surface area (Å²) in [5.41, 5.74) is 1.90. The van der Waals surface area contributed by atoms with E-state index in [0.717, 1.165) is 36.3 Å². The van der Waals surface area contributed by atoms with Gasteiger partial charge in [0.2, 0.25) is 0 Å². The first-order chi connectivity index (χ1) is 13.5. The Morgan fingerprint density at radius 1 is 0.786 bits per heavy atom. The second kappa shape index (κ2) is 8.47. The van der Waals surface area contributed by atoms with Crippen LogP contribution in [0.1, 0.15) is 76.2 Å². The predicted octanol–water partition coefficient (Wildman–Crippen LogP) is 7.71. The number of halogens is 3. The van der Waals surface area contributed by atoms with Gasteiger partial charge in [0.15, 0.2) is 17.5 Å². The Morgan fingerprint density at radius 2 is 1.36 bits per heavy atom. The van der Waals surface area contributed by atoms with E-state index < -0.39 is 17.5 Å². The van der Waals surface area contributed by atoms with Gasteiger partial charge in [-0.3, -0.25) is 0 Å². The van der Waals surface area contributed by atoms with Gasteiger partial charge in [0.05, 0.1) is 0 Å². The minimum atomic E-state index is -1.39. The first-order valence-corrected chi connectivity index (χ1v) is 11.0. The fraction of sp³-hybridized carbons (Fsp3) is 0.600. The molecule has 0 saturated heterocycles. The van der Waals surface area contributed by atoms with Crippen molar-refractivity contribution in [2.75, 3.05) is 0 Å².